The molecule has 2 aromatic heterocycles. The molecule has 3 aromatic rings. The first-order valence-corrected chi connectivity index (χ1v) is 7.46. The van der Waals surface area contributed by atoms with Crippen LogP contribution >= 0.6 is 0 Å². The number of rotatable bonds is 3. The standard InChI is InChI=1S/C16H16N6/c1-2-6-12(7-3-1)16-18-13(14-11-17-21-20-14)10-15(19-16)22-8-4-5-9-22/h1-3,6-7,10-11H,4-5,8-9H2,(H,17,20,21). The highest BCUT2D eigenvalue weighted by molar-refractivity contribution is 5.65. The van der Waals surface area contributed by atoms with Crippen molar-refractivity contribution in [1.82, 2.24) is 25.4 Å². The van der Waals surface area contributed by atoms with Gasteiger partial charge >= 0.3 is 0 Å². The SMILES string of the molecule is c1ccc(-c2nc(-c3c[nH]nn3)cc(N3CCCC3)n2)cc1. The first-order chi connectivity index (χ1) is 10.9. The second-order valence-electron chi connectivity index (χ2n) is 5.35. The van der Waals surface area contributed by atoms with E-state index in [0.29, 0.717) is 0 Å². The predicted octanol–water partition coefficient (Wildman–Crippen LogP) is 2.53. The van der Waals surface area contributed by atoms with Crippen molar-refractivity contribution >= 4 is 5.82 Å². The van der Waals surface area contributed by atoms with Crippen LogP contribution in [0, 0.1) is 0 Å². The summed E-state index contributed by atoms with van der Waals surface area (Å²) in [6, 6.07) is 12.0. The smallest absolute Gasteiger partial charge is 0.162 e. The topological polar surface area (TPSA) is 70.6 Å². The quantitative estimate of drug-likeness (QED) is 0.803. The highest BCUT2D eigenvalue weighted by atomic mass is 15.3. The molecule has 0 atom stereocenters. The van der Waals surface area contributed by atoms with Gasteiger partial charge in [-0.25, -0.2) is 9.97 Å². The van der Waals surface area contributed by atoms with Gasteiger partial charge in [-0.3, -0.25) is 5.10 Å². The Morgan fingerprint density at radius 1 is 0.955 bits per heavy atom. The molecule has 0 spiro atoms. The zero-order chi connectivity index (χ0) is 14.8. The molecule has 110 valence electrons. The Balaban J connectivity index is 1.83. The van der Waals surface area contributed by atoms with E-state index in [1.807, 2.05) is 36.4 Å². The normalized spacial score (nSPS) is 14.5. The number of anilines is 1. The largest absolute Gasteiger partial charge is 0.356 e. The first-order valence-electron chi connectivity index (χ1n) is 7.46. The third-order valence-electron chi connectivity index (χ3n) is 3.85. The Labute approximate surface area is 128 Å². The summed E-state index contributed by atoms with van der Waals surface area (Å²) in [5.41, 5.74) is 2.54. The molecule has 22 heavy (non-hydrogen) atoms. The van der Waals surface area contributed by atoms with Crippen molar-refractivity contribution < 1.29 is 0 Å². The van der Waals surface area contributed by atoms with Gasteiger partial charge in [0.25, 0.3) is 0 Å². The zero-order valence-electron chi connectivity index (χ0n) is 12.1. The molecule has 1 aliphatic rings. The van der Waals surface area contributed by atoms with Gasteiger partial charge in [-0.05, 0) is 12.8 Å². The summed E-state index contributed by atoms with van der Waals surface area (Å²) < 4.78 is 0. The van der Waals surface area contributed by atoms with Gasteiger partial charge in [-0.2, -0.15) is 0 Å². The Kier molecular flexibility index (Phi) is 3.27. The van der Waals surface area contributed by atoms with Gasteiger partial charge in [-0.1, -0.05) is 35.5 Å². The maximum absolute atomic E-state index is 4.75. The molecule has 1 aliphatic heterocycles. The minimum absolute atomic E-state index is 0.725. The lowest BCUT2D eigenvalue weighted by Crippen LogP contribution is -2.19. The molecule has 0 aliphatic carbocycles. The second kappa shape index (κ2) is 5.55. The third kappa shape index (κ3) is 2.43. The molecule has 0 radical (unpaired) electrons. The van der Waals surface area contributed by atoms with Crippen molar-refractivity contribution in [3.05, 3.63) is 42.6 Å². The highest BCUT2D eigenvalue weighted by Gasteiger charge is 2.17. The van der Waals surface area contributed by atoms with E-state index in [0.717, 1.165) is 41.7 Å². The van der Waals surface area contributed by atoms with E-state index in [2.05, 4.69) is 25.3 Å². The monoisotopic (exact) mass is 292 g/mol. The molecule has 6 heteroatoms. The van der Waals surface area contributed by atoms with E-state index in [-0.39, 0.29) is 0 Å². The molecular weight excluding hydrogens is 276 g/mol. The Morgan fingerprint density at radius 2 is 1.77 bits per heavy atom. The predicted molar refractivity (Wildman–Crippen MR) is 84.3 cm³/mol. The number of nitrogens with one attached hydrogen (secondary N) is 1. The summed E-state index contributed by atoms with van der Waals surface area (Å²) in [5, 5.41) is 10.6. The fourth-order valence-electron chi connectivity index (χ4n) is 2.72. The molecule has 1 aromatic carbocycles. The average Bonchev–Trinajstić information content (AvgIpc) is 3.29. The van der Waals surface area contributed by atoms with Crippen molar-refractivity contribution in [2.45, 2.75) is 12.8 Å². The Bertz CT molecular complexity index is 748. The van der Waals surface area contributed by atoms with E-state index >= 15 is 0 Å². The van der Waals surface area contributed by atoms with E-state index in [9.17, 15) is 0 Å². The number of H-pyrrole nitrogens is 1. The van der Waals surface area contributed by atoms with Crippen molar-refractivity contribution in [2.75, 3.05) is 18.0 Å². The maximum atomic E-state index is 4.75. The fraction of sp³-hybridized carbons (Fsp3) is 0.250. The van der Waals surface area contributed by atoms with Gasteiger partial charge in [0.1, 0.15) is 11.5 Å². The van der Waals surface area contributed by atoms with Gasteiger partial charge in [0.2, 0.25) is 0 Å². The third-order valence-corrected chi connectivity index (χ3v) is 3.85. The van der Waals surface area contributed by atoms with E-state index < -0.39 is 0 Å². The van der Waals surface area contributed by atoms with Crippen LogP contribution in [0.5, 0.6) is 0 Å². The van der Waals surface area contributed by atoms with E-state index in [4.69, 9.17) is 4.98 Å². The van der Waals surface area contributed by atoms with Crippen molar-refractivity contribution in [2.24, 2.45) is 0 Å². The maximum Gasteiger partial charge on any atom is 0.162 e. The lowest BCUT2D eigenvalue weighted by molar-refractivity contribution is 0.926. The summed E-state index contributed by atoms with van der Waals surface area (Å²) in [5.74, 6) is 1.69. The fourth-order valence-corrected chi connectivity index (χ4v) is 2.72. The highest BCUT2D eigenvalue weighted by Crippen LogP contribution is 2.26. The van der Waals surface area contributed by atoms with Crippen molar-refractivity contribution in [3.8, 4) is 22.8 Å². The van der Waals surface area contributed by atoms with Gasteiger partial charge in [0.15, 0.2) is 5.82 Å². The second-order valence-corrected chi connectivity index (χ2v) is 5.35. The Morgan fingerprint density at radius 3 is 2.50 bits per heavy atom. The lowest BCUT2D eigenvalue weighted by atomic mass is 10.2. The molecule has 1 fully saturated rings. The summed E-state index contributed by atoms with van der Waals surface area (Å²) in [6.07, 6.45) is 4.18. The molecule has 0 saturated carbocycles. The number of benzene rings is 1. The molecule has 0 bridgehead atoms. The van der Waals surface area contributed by atoms with Gasteiger partial charge in [0, 0.05) is 24.7 Å². The van der Waals surface area contributed by atoms with Crippen LogP contribution in [0.25, 0.3) is 22.8 Å². The van der Waals surface area contributed by atoms with E-state index in [1.54, 1.807) is 6.20 Å². The van der Waals surface area contributed by atoms with Crippen LogP contribution < -0.4 is 4.90 Å². The molecular formula is C16H16N6. The van der Waals surface area contributed by atoms with Crippen LogP contribution in [-0.4, -0.2) is 38.5 Å². The van der Waals surface area contributed by atoms with Crippen molar-refractivity contribution in [3.63, 3.8) is 0 Å². The first kappa shape index (κ1) is 12.9. The van der Waals surface area contributed by atoms with Crippen molar-refractivity contribution in [1.29, 1.82) is 0 Å². The number of aromatic nitrogens is 5. The molecule has 0 unspecified atom stereocenters. The molecule has 3 heterocycles. The van der Waals surface area contributed by atoms with Crippen LogP contribution in [0.3, 0.4) is 0 Å². The van der Waals surface area contributed by atoms with Crippen LogP contribution in [0.15, 0.2) is 42.6 Å². The molecule has 1 N–H and O–H groups in total. The summed E-state index contributed by atoms with van der Waals surface area (Å²) >= 11 is 0. The average molecular weight is 292 g/mol. The van der Waals surface area contributed by atoms with E-state index in [1.165, 1.54) is 12.8 Å². The molecule has 6 nitrogen and oxygen atoms in total. The lowest BCUT2D eigenvalue weighted by Gasteiger charge is -2.17. The molecule has 1 saturated heterocycles. The minimum Gasteiger partial charge on any atom is -0.356 e. The van der Waals surface area contributed by atoms with Crippen LogP contribution in [0.1, 0.15) is 12.8 Å². The Hall–Kier alpha value is -2.76. The zero-order valence-corrected chi connectivity index (χ0v) is 12.1. The van der Waals surface area contributed by atoms with Crippen LogP contribution in [0.4, 0.5) is 5.82 Å². The summed E-state index contributed by atoms with van der Waals surface area (Å²) in [6.45, 7) is 2.09. The number of nitrogens with zero attached hydrogens (tertiary/aromatic N) is 5. The van der Waals surface area contributed by atoms with Gasteiger partial charge in [-0.15, -0.1) is 5.10 Å². The van der Waals surface area contributed by atoms with Gasteiger partial charge in [0.05, 0.1) is 11.9 Å². The molecule has 4 rings (SSSR count). The minimum atomic E-state index is 0.725. The molecule has 0 amide bonds. The van der Waals surface area contributed by atoms with Gasteiger partial charge < -0.3 is 4.90 Å². The summed E-state index contributed by atoms with van der Waals surface area (Å²) in [7, 11) is 0. The van der Waals surface area contributed by atoms with Crippen LogP contribution in [0.2, 0.25) is 0 Å². The van der Waals surface area contributed by atoms with Crippen LogP contribution in [-0.2, 0) is 0 Å². The number of hydrogen-bond acceptors (Lipinski definition) is 5. The number of hydrogen-bond donors (Lipinski definition) is 1. The number of aromatic amines is 1. The summed E-state index contributed by atoms with van der Waals surface area (Å²) in [4.78, 5) is 11.7.